The molecule has 0 radical (unpaired) electrons. The lowest BCUT2D eigenvalue weighted by Gasteiger charge is -2.28. The van der Waals surface area contributed by atoms with E-state index in [4.69, 9.17) is 4.74 Å². The first-order valence-electron chi connectivity index (χ1n) is 4.99. The maximum atomic E-state index is 5.34. The molecule has 0 unspecified atom stereocenters. The van der Waals surface area contributed by atoms with Crippen LogP contribution in [0.2, 0.25) is 0 Å². The molecule has 0 amide bonds. The Balaban J connectivity index is 1.60. The zero-order valence-electron chi connectivity index (χ0n) is 7.33. The van der Waals surface area contributed by atoms with Crippen LogP contribution >= 0.6 is 0 Å². The fraction of sp³-hybridized carbons (Fsp3) is 1.00. The minimum Gasteiger partial charge on any atom is -0.379 e. The van der Waals surface area contributed by atoms with Crippen LogP contribution in [0.4, 0.5) is 0 Å². The molecule has 0 aromatic heterocycles. The average molecular weight is 168 g/mol. The van der Waals surface area contributed by atoms with E-state index in [0.29, 0.717) is 0 Å². The Hall–Kier alpha value is -0.120. The second kappa shape index (κ2) is 2.69. The summed E-state index contributed by atoms with van der Waals surface area (Å²) in [6.07, 6.45) is 0. The van der Waals surface area contributed by atoms with E-state index in [0.717, 1.165) is 44.2 Å². The van der Waals surface area contributed by atoms with Crippen molar-refractivity contribution in [3.63, 3.8) is 0 Å². The predicted molar refractivity (Wildman–Crippen MR) is 46.0 cm³/mol. The maximum absolute atomic E-state index is 5.34. The largest absolute Gasteiger partial charge is 0.379 e. The Kier molecular flexibility index (Phi) is 1.63. The molecule has 2 saturated heterocycles. The van der Waals surface area contributed by atoms with E-state index >= 15 is 0 Å². The van der Waals surface area contributed by atoms with Crippen molar-refractivity contribution in [2.24, 2.45) is 11.8 Å². The molecule has 3 atom stereocenters. The smallest absolute Gasteiger partial charge is 0.0594 e. The molecule has 3 nitrogen and oxygen atoms in total. The zero-order chi connectivity index (χ0) is 7.97. The lowest BCUT2D eigenvalue weighted by atomic mass is 10.3. The van der Waals surface area contributed by atoms with Crippen LogP contribution in [0.5, 0.6) is 0 Å². The second-order valence-corrected chi connectivity index (χ2v) is 4.12. The Morgan fingerprint density at radius 3 is 2.42 bits per heavy atom. The summed E-state index contributed by atoms with van der Waals surface area (Å²) in [7, 11) is 0. The van der Waals surface area contributed by atoms with Crippen molar-refractivity contribution in [2.45, 2.75) is 6.04 Å². The Bertz CT molecular complexity index is 169. The van der Waals surface area contributed by atoms with Gasteiger partial charge in [0.1, 0.15) is 0 Å². The van der Waals surface area contributed by atoms with Gasteiger partial charge in [0, 0.05) is 19.1 Å². The van der Waals surface area contributed by atoms with Crippen molar-refractivity contribution >= 4 is 0 Å². The van der Waals surface area contributed by atoms with Gasteiger partial charge in [-0.25, -0.2) is 0 Å². The van der Waals surface area contributed by atoms with E-state index in [-0.39, 0.29) is 0 Å². The highest BCUT2D eigenvalue weighted by molar-refractivity contribution is 5.10. The molecule has 2 heterocycles. The van der Waals surface area contributed by atoms with Gasteiger partial charge in [0.05, 0.1) is 13.2 Å². The average Bonchev–Trinajstić information content (AvgIpc) is 2.62. The van der Waals surface area contributed by atoms with E-state index in [1.165, 1.54) is 13.1 Å². The fourth-order valence-corrected chi connectivity index (χ4v) is 2.80. The standard InChI is InChI=1S/C9H16N2O/c1-3-12-4-2-11(1)9-7-5-10-6-8(7)9/h7-10H,1-6H2/t7-,8+,9+. The first kappa shape index (κ1) is 7.30. The summed E-state index contributed by atoms with van der Waals surface area (Å²) in [4.78, 5) is 2.62. The van der Waals surface area contributed by atoms with Crippen LogP contribution in [0.15, 0.2) is 0 Å². The van der Waals surface area contributed by atoms with Gasteiger partial charge in [-0.3, -0.25) is 4.90 Å². The summed E-state index contributed by atoms with van der Waals surface area (Å²) in [6.45, 7) is 6.74. The summed E-state index contributed by atoms with van der Waals surface area (Å²) in [5.74, 6) is 1.95. The van der Waals surface area contributed by atoms with Crippen LogP contribution in [-0.2, 0) is 4.74 Å². The Morgan fingerprint density at radius 1 is 1.08 bits per heavy atom. The molecule has 0 spiro atoms. The number of fused-ring (bicyclic) bond motifs is 1. The van der Waals surface area contributed by atoms with Gasteiger partial charge in [0.25, 0.3) is 0 Å². The van der Waals surface area contributed by atoms with Crippen LogP contribution in [0.3, 0.4) is 0 Å². The van der Waals surface area contributed by atoms with Crippen molar-refractivity contribution in [1.29, 1.82) is 0 Å². The van der Waals surface area contributed by atoms with Crippen LogP contribution in [0.25, 0.3) is 0 Å². The molecule has 3 rings (SSSR count). The van der Waals surface area contributed by atoms with Gasteiger partial charge in [0.2, 0.25) is 0 Å². The Labute approximate surface area is 73.1 Å². The van der Waals surface area contributed by atoms with Crippen LogP contribution < -0.4 is 5.32 Å². The topological polar surface area (TPSA) is 24.5 Å². The molecule has 0 aromatic rings. The number of piperidine rings is 1. The minimum atomic E-state index is 0.912. The lowest BCUT2D eigenvalue weighted by molar-refractivity contribution is 0.0288. The molecule has 0 bridgehead atoms. The summed E-state index contributed by atoms with van der Waals surface area (Å²) >= 11 is 0. The highest BCUT2D eigenvalue weighted by Gasteiger charge is 2.55. The van der Waals surface area contributed by atoms with Crippen molar-refractivity contribution in [1.82, 2.24) is 10.2 Å². The monoisotopic (exact) mass is 168 g/mol. The molecule has 0 aromatic carbocycles. The first-order valence-corrected chi connectivity index (χ1v) is 4.99. The van der Waals surface area contributed by atoms with Crippen molar-refractivity contribution in [3.8, 4) is 0 Å². The van der Waals surface area contributed by atoms with E-state index in [2.05, 4.69) is 10.2 Å². The normalized spacial score (nSPS) is 47.5. The molecule has 12 heavy (non-hydrogen) atoms. The van der Waals surface area contributed by atoms with Gasteiger partial charge in [-0.05, 0) is 24.9 Å². The quantitative estimate of drug-likeness (QED) is 0.573. The number of nitrogens with zero attached hydrogens (tertiary/aromatic N) is 1. The van der Waals surface area contributed by atoms with Gasteiger partial charge >= 0.3 is 0 Å². The van der Waals surface area contributed by atoms with E-state index in [9.17, 15) is 0 Å². The van der Waals surface area contributed by atoms with Crippen LogP contribution in [-0.4, -0.2) is 50.3 Å². The summed E-state index contributed by atoms with van der Waals surface area (Å²) in [5, 5.41) is 3.43. The van der Waals surface area contributed by atoms with Crippen molar-refractivity contribution in [2.75, 3.05) is 39.4 Å². The third-order valence-corrected chi connectivity index (χ3v) is 3.51. The fourth-order valence-electron chi connectivity index (χ4n) is 2.80. The van der Waals surface area contributed by atoms with Gasteiger partial charge < -0.3 is 10.1 Å². The second-order valence-electron chi connectivity index (χ2n) is 4.12. The number of hydrogen-bond acceptors (Lipinski definition) is 3. The minimum absolute atomic E-state index is 0.912. The summed E-state index contributed by atoms with van der Waals surface area (Å²) in [5.41, 5.74) is 0. The maximum Gasteiger partial charge on any atom is 0.0594 e. The van der Waals surface area contributed by atoms with E-state index < -0.39 is 0 Å². The molecular formula is C9H16N2O. The van der Waals surface area contributed by atoms with E-state index in [1.54, 1.807) is 0 Å². The van der Waals surface area contributed by atoms with Gasteiger partial charge in [-0.1, -0.05) is 0 Å². The molecule has 2 aliphatic heterocycles. The van der Waals surface area contributed by atoms with Gasteiger partial charge in [0.15, 0.2) is 0 Å². The third-order valence-electron chi connectivity index (χ3n) is 3.51. The molecule has 1 N–H and O–H groups in total. The molecule has 1 saturated carbocycles. The number of nitrogens with one attached hydrogen (secondary N) is 1. The third kappa shape index (κ3) is 1.00. The summed E-state index contributed by atoms with van der Waals surface area (Å²) < 4.78 is 5.34. The van der Waals surface area contributed by atoms with Gasteiger partial charge in [-0.2, -0.15) is 0 Å². The number of rotatable bonds is 1. The highest BCUT2D eigenvalue weighted by Crippen LogP contribution is 2.45. The molecule has 68 valence electrons. The molecule has 1 aliphatic carbocycles. The number of hydrogen-bond donors (Lipinski definition) is 1. The SMILES string of the molecule is C1CN([C@H]2[C@@H]3CNC[C@@H]32)CCO1. The molecule has 3 aliphatic rings. The first-order chi connectivity index (χ1) is 5.97. The van der Waals surface area contributed by atoms with Crippen LogP contribution in [0.1, 0.15) is 0 Å². The van der Waals surface area contributed by atoms with E-state index in [1.807, 2.05) is 0 Å². The Morgan fingerprint density at radius 2 is 1.75 bits per heavy atom. The number of ether oxygens (including phenoxy) is 1. The number of morpholine rings is 1. The van der Waals surface area contributed by atoms with Crippen LogP contribution in [0, 0.1) is 11.8 Å². The lowest BCUT2D eigenvalue weighted by Crippen LogP contribution is -2.41. The zero-order valence-corrected chi connectivity index (χ0v) is 7.33. The summed E-state index contributed by atoms with van der Waals surface area (Å²) in [6, 6.07) is 0.912. The predicted octanol–water partition coefficient (Wildman–Crippen LogP) is -0.464. The molecular weight excluding hydrogens is 152 g/mol. The molecule has 3 fully saturated rings. The molecule has 3 heteroatoms. The van der Waals surface area contributed by atoms with Gasteiger partial charge in [-0.15, -0.1) is 0 Å². The van der Waals surface area contributed by atoms with Crippen molar-refractivity contribution in [3.05, 3.63) is 0 Å². The highest BCUT2D eigenvalue weighted by atomic mass is 16.5. The van der Waals surface area contributed by atoms with Crippen molar-refractivity contribution < 1.29 is 4.74 Å².